The lowest BCUT2D eigenvalue weighted by molar-refractivity contribution is 0.241. The van der Waals surface area contributed by atoms with E-state index in [1.165, 1.54) is 37.8 Å². The highest BCUT2D eigenvalue weighted by Crippen LogP contribution is 2.38. The standard InChI is InChI=1S/C17H17ClFN3/c18-17-20-13(10-22(14-5-6-14)15-7-8-15)9-16(21-17)11-1-3-12(19)4-2-11/h1-4,9,14-15H,5-8,10H2. The average molecular weight is 318 g/mol. The highest BCUT2D eigenvalue weighted by atomic mass is 35.5. The highest BCUT2D eigenvalue weighted by molar-refractivity contribution is 6.28. The third kappa shape index (κ3) is 3.13. The van der Waals surface area contributed by atoms with Crippen molar-refractivity contribution in [2.45, 2.75) is 44.3 Å². The van der Waals surface area contributed by atoms with Crippen LogP contribution in [0.1, 0.15) is 31.4 Å². The molecule has 114 valence electrons. The quantitative estimate of drug-likeness (QED) is 0.779. The molecule has 2 aromatic rings. The third-order valence-electron chi connectivity index (χ3n) is 4.27. The summed E-state index contributed by atoms with van der Waals surface area (Å²) in [5.74, 6) is -0.252. The van der Waals surface area contributed by atoms with Gasteiger partial charge in [-0.25, -0.2) is 14.4 Å². The summed E-state index contributed by atoms with van der Waals surface area (Å²) in [5, 5.41) is 0.253. The Morgan fingerprint density at radius 3 is 2.27 bits per heavy atom. The van der Waals surface area contributed by atoms with Crippen molar-refractivity contribution < 1.29 is 4.39 Å². The van der Waals surface area contributed by atoms with E-state index in [4.69, 9.17) is 11.6 Å². The Morgan fingerprint density at radius 2 is 1.68 bits per heavy atom. The second-order valence-electron chi connectivity index (χ2n) is 6.16. The van der Waals surface area contributed by atoms with Crippen molar-refractivity contribution in [1.29, 1.82) is 0 Å². The molecule has 0 aliphatic heterocycles. The molecule has 0 radical (unpaired) electrons. The minimum absolute atomic E-state index is 0.252. The lowest BCUT2D eigenvalue weighted by Gasteiger charge is -2.21. The second-order valence-corrected chi connectivity index (χ2v) is 6.49. The van der Waals surface area contributed by atoms with Gasteiger partial charge in [0.25, 0.3) is 0 Å². The molecular formula is C17H17ClFN3. The van der Waals surface area contributed by atoms with Crippen LogP contribution in [-0.2, 0) is 6.54 Å². The van der Waals surface area contributed by atoms with E-state index in [9.17, 15) is 4.39 Å². The number of halogens is 2. The first-order valence-electron chi connectivity index (χ1n) is 7.74. The zero-order valence-electron chi connectivity index (χ0n) is 12.2. The van der Waals surface area contributed by atoms with Gasteiger partial charge in [-0.3, -0.25) is 4.90 Å². The van der Waals surface area contributed by atoms with Crippen LogP contribution in [0.2, 0.25) is 5.28 Å². The predicted molar refractivity (Wildman–Crippen MR) is 84.0 cm³/mol. The van der Waals surface area contributed by atoms with Gasteiger partial charge in [0.1, 0.15) is 5.82 Å². The van der Waals surface area contributed by atoms with Crippen LogP contribution >= 0.6 is 11.6 Å². The van der Waals surface area contributed by atoms with Crippen LogP contribution in [0, 0.1) is 5.82 Å². The van der Waals surface area contributed by atoms with Gasteiger partial charge in [0.2, 0.25) is 5.28 Å². The molecule has 5 heteroatoms. The van der Waals surface area contributed by atoms with Crippen molar-refractivity contribution in [3.63, 3.8) is 0 Å². The van der Waals surface area contributed by atoms with E-state index in [1.54, 1.807) is 12.1 Å². The van der Waals surface area contributed by atoms with Gasteiger partial charge >= 0.3 is 0 Å². The van der Waals surface area contributed by atoms with Crippen molar-refractivity contribution >= 4 is 11.6 Å². The number of rotatable bonds is 5. The molecule has 22 heavy (non-hydrogen) atoms. The maximum Gasteiger partial charge on any atom is 0.223 e. The molecule has 2 fully saturated rings. The van der Waals surface area contributed by atoms with E-state index in [1.807, 2.05) is 6.07 Å². The predicted octanol–water partition coefficient (Wildman–Crippen LogP) is 4.06. The third-order valence-corrected chi connectivity index (χ3v) is 4.44. The first-order valence-corrected chi connectivity index (χ1v) is 8.12. The summed E-state index contributed by atoms with van der Waals surface area (Å²) in [6.07, 6.45) is 5.17. The van der Waals surface area contributed by atoms with Gasteiger partial charge in [-0.15, -0.1) is 0 Å². The van der Waals surface area contributed by atoms with Crippen LogP contribution in [0.15, 0.2) is 30.3 Å². The maximum absolute atomic E-state index is 13.1. The molecule has 1 aromatic carbocycles. The minimum atomic E-state index is -0.252. The molecule has 0 atom stereocenters. The summed E-state index contributed by atoms with van der Waals surface area (Å²) in [6.45, 7) is 0.825. The van der Waals surface area contributed by atoms with Gasteiger partial charge in [-0.05, 0) is 67.6 Å². The maximum atomic E-state index is 13.1. The number of hydrogen-bond acceptors (Lipinski definition) is 3. The van der Waals surface area contributed by atoms with Gasteiger partial charge in [0, 0.05) is 24.2 Å². The largest absolute Gasteiger partial charge is 0.292 e. The molecule has 0 spiro atoms. The molecule has 4 rings (SSSR count). The fourth-order valence-corrected chi connectivity index (χ4v) is 3.07. The second kappa shape index (κ2) is 5.60. The molecule has 0 saturated heterocycles. The summed E-state index contributed by atoms with van der Waals surface area (Å²) in [5.41, 5.74) is 2.55. The van der Waals surface area contributed by atoms with Crippen LogP contribution in [0.5, 0.6) is 0 Å². The van der Waals surface area contributed by atoms with Crippen molar-refractivity contribution in [3.8, 4) is 11.3 Å². The summed E-state index contributed by atoms with van der Waals surface area (Å²) < 4.78 is 13.1. The van der Waals surface area contributed by atoms with Crippen LogP contribution in [0.4, 0.5) is 4.39 Å². The topological polar surface area (TPSA) is 29.0 Å². The molecule has 2 aliphatic carbocycles. The SMILES string of the molecule is Fc1ccc(-c2cc(CN(C3CC3)C3CC3)nc(Cl)n2)cc1. The highest BCUT2D eigenvalue weighted by Gasteiger charge is 2.39. The zero-order valence-corrected chi connectivity index (χ0v) is 12.9. The summed E-state index contributed by atoms with van der Waals surface area (Å²) in [6, 6.07) is 9.72. The number of nitrogens with zero attached hydrogens (tertiary/aromatic N) is 3. The summed E-state index contributed by atoms with van der Waals surface area (Å²) in [4.78, 5) is 11.2. The molecule has 3 nitrogen and oxygen atoms in total. The Labute approximate surface area is 134 Å². The summed E-state index contributed by atoms with van der Waals surface area (Å²) in [7, 11) is 0. The molecule has 1 aromatic heterocycles. The van der Waals surface area contributed by atoms with Gasteiger partial charge < -0.3 is 0 Å². The minimum Gasteiger partial charge on any atom is -0.292 e. The molecule has 0 amide bonds. The van der Waals surface area contributed by atoms with E-state index in [-0.39, 0.29) is 11.1 Å². The monoisotopic (exact) mass is 317 g/mol. The molecule has 2 saturated carbocycles. The first-order chi connectivity index (χ1) is 10.7. The first kappa shape index (κ1) is 14.1. The van der Waals surface area contributed by atoms with Gasteiger partial charge in [0.15, 0.2) is 0 Å². The van der Waals surface area contributed by atoms with Crippen molar-refractivity contribution in [2.75, 3.05) is 0 Å². The van der Waals surface area contributed by atoms with Crippen molar-refractivity contribution in [3.05, 3.63) is 47.1 Å². The van der Waals surface area contributed by atoms with Gasteiger partial charge in [0.05, 0.1) is 11.4 Å². The Bertz CT molecular complexity index is 669. The van der Waals surface area contributed by atoms with Crippen LogP contribution in [-0.4, -0.2) is 27.0 Å². The average Bonchev–Trinajstić information content (AvgIpc) is 3.38. The van der Waals surface area contributed by atoms with Crippen molar-refractivity contribution in [2.24, 2.45) is 0 Å². The molecule has 0 bridgehead atoms. The van der Waals surface area contributed by atoms with Crippen LogP contribution in [0.25, 0.3) is 11.3 Å². The van der Waals surface area contributed by atoms with E-state index in [2.05, 4.69) is 14.9 Å². The van der Waals surface area contributed by atoms with E-state index in [0.29, 0.717) is 0 Å². The summed E-state index contributed by atoms with van der Waals surface area (Å²) >= 11 is 6.09. The fraction of sp³-hybridized carbons (Fsp3) is 0.412. The lowest BCUT2D eigenvalue weighted by Crippen LogP contribution is -2.28. The van der Waals surface area contributed by atoms with E-state index >= 15 is 0 Å². The Morgan fingerprint density at radius 1 is 1.05 bits per heavy atom. The van der Waals surface area contributed by atoms with Gasteiger partial charge in [-0.2, -0.15) is 0 Å². The van der Waals surface area contributed by atoms with Gasteiger partial charge in [-0.1, -0.05) is 0 Å². The van der Waals surface area contributed by atoms with E-state index < -0.39 is 0 Å². The van der Waals surface area contributed by atoms with Crippen molar-refractivity contribution in [1.82, 2.24) is 14.9 Å². The number of benzene rings is 1. The molecule has 0 N–H and O–H groups in total. The molecule has 1 heterocycles. The Kier molecular flexibility index (Phi) is 3.59. The number of aromatic nitrogens is 2. The molecule has 2 aliphatic rings. The zero-order chi connectivity index (χ0) is 15.1. The van der Waals surface area contributed by atoms with E-state index in [0.717, 1.165) is 35.6 Å². The molecule has 0 unspecified atom stereocenters. The molecular weight excluding hydrogens is 301 g/mol. The normalized spacial score (nSPS) is 18.0. The Balaban J connectivity index is 1.61. The smallest absolute Gasteiger partial charge is 0.223 e. The van der Waals surface area contributed by atoms with Crippen LogP contribution < -0.4 is 0 Å². The Hall–Kier alpha value is -1.52. The van der Waals surface area contributed by atoms with Crippen LogP contribution in [0.3, 0.4) is 0 Å². The fourth-order valence-electron chi connectivity index (χ4n) is 2.87. The number of hydrogen-bond donors (Lipinski definition) is 0. The lowest BCUT2D eigenvalue weighted by atomic mass is 10.1.